The predicted octanol–water partition coefficient (Wildman–Crippen LogP) is 5.43. The molecule has 1 heterocycles. The van der Waals surface area contributed by atoms with Crippen LogP contribution in [0, 0.1) is 25.7 Å². The Morgan fingerprint density at radius 2 is 1.61 bits per heavy atom. The molecule has 1 aromatic heterocycles. The van der Waals surface area contributed by atoms with E-state index in [0.29, 0.717) is 28.5 Å². The molecule has 3 aromatic rings. The third-order valence-electron chi connectivity index (χ3n) is 5.96. The summed E-state index contributed by atoms with van der Waals surface area (Å²) in [7, 11) is 0. The second-order valence-corrected chi connectivity index (χ2v) is 9.84. The number of hydrogen-bond donors (Lipinski definition) is 2. The van der Waals surface area contributed by atoms with Gasteiger partial charge in [0.15, 0.2) is 0 Å². The van der Waals surface area contributed by atoms with Gasteiger partial charge >= 0.3 is 5.97 Å². The molecular formula is C28H30ClN3O4. The summed E-state index contributed by atoms with van der Waals surface area (Å²) >= 11 is 6.55. The number of hydrogen-bond acceptors (Lipinski definition) is 5. The molecule has 3 N–H and O–H groups in total. The first-order valence-electron chi connectivity index (χ1n) is 11.7. The lowest BCUT2D eigenvalue weighted by Gasteiger charge is -2.14. The monoisotopic (exact) mass is 507 g/mol. The predicted molar refractivity (Wildman–Crippen MR) is 140 cm³/mol. The van der Waals surface area contributed by atoms with Crippen molar-refractivity contribution in [1.82, 2.24) is 9.97 Å². The van der Waals surface area contributed by atoms with Crippen molar-refractivity contribution in [3.05, 3.63) is 70.1 Å². The zero-order chi connectivity index (χ0) is 26.6. The molecule has 0 spiro atoms. The number of nitrogens with two attached hydrogens (primary N) is 1. The fourth-order valence-corrected chi connectivity index (χ4v) is 4.58. The SMILES string of the molecule is Cc1nc(C)c(-c2ccc(-c3ccc(CC(=O)C[C@@H](CC(C)C)C(=O)O)cc3Cl)cc2)nc1C(N)=O. The van der Waals surface area contributed by atoms with Gasteiger partial charge in [0.05, 0.1) is 23.0 Å². The number of carboxylic acids is 1. The quantitative estimate of drug-likeness (QED) is 0.377. The van der Waals surface area contributed by atoms with Crippen LogP contribution >= 0.6 is 11.6 Å². The van der Waals surface area contributed by atoms with Crippen molar-refractivity contribution in [3.8, 4) is 22.4 Å². The molecule has 1 amide bonds. The number of carboxylic acid groups (broad SMARTS) is 1. The molecule has 0 aliphatic rings. The molecule has 0 aliphatic heterocycles. The lowest BCUT2D eigenvalue weighted by Crippen LogP contribution is -2.20. The van der Waals surface area contributed by atoms with E-state index in [1.54, 1.807) is 13.0 Å². The molecule has 7 nitrogen and oxygen atoms in total. The minimum atomic E-state index is -0.938. The van der Waals surface area contributed by atoms with Crippen LogP contribution in [-0.2, 0) is 16.0 Å². The molecule has 2 aromatic carbocycles. The van der Waals surface area contributed by atoms with E-state index in [4.69, 9.17) is 17.3 Å². The number of carbonyl (C=O) groups is 3. The van der Waals surface area contributed by atoms with Gasteiger partial charge in [-0.25, -0.2) is 4.98 Å². The van der Waals surface area contributed by atoms with Crippen molar-refractivity contribution in [2.75, 3.05) is 0 Å². The standard InChI is InChI=1S/C28H30ClN3O4/c1-15(2)11-21(28(35)36)14-22(33)12-18-5-10-23(24(29)13-18)19-6-8-20(9-7-19)25-16(3)31-17(4)26(32-25)27(30)34/h5-10,13,15,21H,11-12,14H2,1-4H3,(H2,30,34)(H,35,36)/t21-/m1/s1. The highest BCUT2D eigenvalue weighted by Crippen LogP contribution is 2.31. The van der Waals surface area contributed by atoms with Gasteiger partial charge in [-0.1, -0.05) is 61.8 Å². The highest BCUT2D eigenvalue weighted by Gasteiger charge is 2.22. The molecule has 0 unspecified atom stereocenters. The topological polar surface area (TPSA) is 123 Å². The first-order chi connectivity index (χ1) is 17.0. The number of nitrogens with zero attached hydrogens (tertiary/aromatic N) is 2. The highest BCUT2D eigenvalue weighted by atomic mass is 35.5. The number of Topliss-reactive ketones (excluding diaryl/α,β-unsaturated/α-hetero) is 1. The van der Waals surface area contributed by atoms with Crippen LogP contribution in [0.25, 0.3) is 22.4 Å². The lowest BCUT2D eigenvalue weighted by atomic mass is 9.90. The molecule has 1 atom stereocenters. The van der Waals surface area contributed by atoms with Gasteiger partial charge in [0.2, 0.25) is 0 Å². The summed E-state index contributed by atoms with van der Waals surface area (Å²) in [4.78, 5) is 44.5. The first-order valence-corrected chi connectivity index (χ1v) is 12.1. The zero-order valence-electron chi connectivity index (χ0n) is 20.8. The summed E-state index contributed by atoms with van der Waals surface area (Å²) in [5.41, 5.74) is 10.5. The summed E-state index contributed by atoms with van der Waals surface area (Å²) in [5.74, 6) is -2.16. The summed E-state index contributed by atoms with van der Waals surface area (Å²) in [6, 6.07) is 13.0. The molecular weight excluding hydrogens is 478 g/mol. The smallest absolute Gasteiger partial charge is 0.306 e. The third-order valence-corrected chi connectivity index (χ3v) is 6.27. The zero-order valence-corrected chi connectivity index (χ0v) is 21.6. The summed E-state index contributed by atoms with van der Waals surface area (Å²) in [6.45, 7) is 7.41. The number of benzene rings is 2. The van der Waals surface area contributed by atoms with Gasteiger partial charge in [-0.3, -0.25) is 19.4 Å². The number of aromatic nitrogens is 2. The van der Waals surface area contributed by atoms with E-state index in [-0.39, 0.29) is 30.2 Å². The van der Waals surface area contributed by atoms with Crippen molar-refractivity contribution in [2.45, 2.75) is 47.0 Å². The van der Waals surface area contributed by atoms with Crippen LogP contribution in [-0.4, -0.2) is 32.7 Å². The normalized spacial score (nSPS) is 11.9. The number of carbonyl (C=O) groups excluding carboxylic acids is 2. The Bertz CT molecular complexity index is 1300. The van der Waals surface area contributed by atoms with Gasteiger partial charge in [-0.05, 0) is 43.4 Å². The first kappa shape index (κ1) is 27.0. The van der Waals surface area contributed by atoms with Crippen molar-refractivity contribution in [1.29, 1.82) is 0 Å². The lowest BCUT2D eigenvalue weighted by molar-refractivity contribution is -0.144. The van der Waals surface area contributed by atoms with Crippen LogP contribution in [0.1, 0.15) is 54.1 Å². The summed E-state index contributed by atoms with van der Waals surface area (Å²) in [6.07, 6.45) is 0.607. The van der Waals surface area contributed by atoms with Crippen molar-refractivity contribution in [2.24, 2.45) is 17.6 Å². The average molecular weight is 508 g/mol. The molecule has 3 rings (SSSR count). The Hall–Kier alpha value is -3.58. The largest absolute Gasteiger partial charge is 0.481 e. The second kappa shape index (κ2) is 11.4. The molecule has 0 bridgehead atoms. The van der Waals surface area contributed by atoms with Crippen molar-refractivity contribution in [3.63, 3.8) is 0 Å². The fourth-order valence-electron chi connectivity index (χ4n) is 4.26. The maximum atomic E-state index is 12.5. The van der Waals surface area contributed by atoms with Gasteiger partial charge in [-0.2, -0.15) is 0 Å². The van der Waals surface area contributed by atoms with Gasteiger partial charge in [-0.15, -0.1) is 0 Å². The molecule has 36 heavy (non-hydrogen) atoms. The van der Waals surface area contributed by atoms with Gasteiger partial charge < -0.3 is 10.8 Å². The number of aryl methyl sites for hydroxylation is 2. The summed E-state index contributed by atoms with van der Waals surface area (Å²) < 4.78 is 0. The Balaban J connectivity index is 1.77. The van der Waals surface area contributed by atoms with Gasteiger partial charge in [0.1, 0.15) is 11.5 Å². The Labute approximate surface area is 215 Å². The number of halogens is 1. The Morgan fingerprint density at radius 1 is 0.972 bits per heavy atom. The highest BCUT2D eigenvalue weighted by molar-refractivity contribution is 6.33. The molecule has 0 saturated carbocycles. The Kier molecular flexibility index (Phi) is 8.58. The fraction of sp³-hybridized carbons (Fsp3) is 0.321. The number of primary amides is 1. The van der Waals surface area contributed by atoms with Crippen LogP contribution in [0.5, 0.6) is 0 Å². The van der Waals surface area contributed by atoms with Crippen LogP contribution in [0.2, 0.25) is 5.02 Å². The van der Waals surface area contributed by atoms with Crippen molar-refractivity contribution >= 4 is 29.3 Å². The second-order valence-electron chi connectivity index (χ2n) is 9.43. The molecule has 188 valence electrons. The van der Waals surface area contributed by atoms with Gasteiger partial charge in [0.25, 0.3) is 5.91 Å². The maximum absolute atomic E-state index is 12.5. The van der Waals surface area contributed by atoms with Crippen LogP contribution < -0.4 is 5.73 Å². The van der Waals surface area contributed by atoms with E-state index in [9.17, 15) is 19.5 Å². The molecule has 0 radical (unpaired) electrons. The van der Waals surface area contributed by atoms with E-state index in [2.05, 4.69) is 9.97 Å². The average Bonchev–Trinajstić information content (AvgIpc) is 2.78. The van der Waals surface area contributed by atoms with Crippen molar-refractivity contribution < 1.29 is 19.5 Å². The molecule has 0 saturated heterocycles. The van der Waals surface area contributed by atoms with Crippen LogP contribution in [0.3, 0.4) is 0 Å². The van der Waals surface area contributed by atoms with E-state index in [0.717, 1.165) is 22.3 Å². The van der Waals surface area contributed by atoms with E-state index in [1.165, 1.54) is 0 Å². The maximum Gasteiger partial charge on any atom is 0.306 e. The molecule has 0 fully saturated rings. The van der Waals surface area contributed by atoms with Crippen LogP contribution in [0.15, 0.2) is 42.5 Å². The molecule has 8 heteroatoms. The minimum Gasteiger partial charge on any atom is -0.481 e. The van der Waals surface area contributed by atoms with Gasteiger partial charge in [0, 0.05) is 29.0 Å². The van der Waals surface area contributed by atoms with E-state index >= 15 is 0 Å². The number of amides is 1. The summed E-state index contributed by atoms with van der Waals surface area (Å²) in [5, 5.41) is 9.89. The number of rotatable bonds is 10. The number of aliphatic carboxylic acids is 1. The van der Waals surface area contributed by atoms with Crippen LogP contribution in [0.4, 0.5) is 0 Å². The van der Waals surface area contributed by atoms with E-state index < -0.39 is 17.8 Å². The third kappa shape index (κ3) is 6.55. The van der Waals surface area contributed by atoms with E-state index in [1.807, 2.05) is 57.2 Å². The molecule has 0 aliphatic carbocycles. The number of ketones is 1. The minimum absolute atomic E-state index is 0.00708. The Morgan fingerprint density at radius 3 is 2.17 bits per heavy atom.